The first kappa shape index (κ1) is 12.7. The van der Waals surface area contributed by atoms with Gasteiger partial charge < -0.3 is 25.6 Å². The molecule has 0 unspecified atom stereocenters. The summed E-state index contributed by atoms with van der Waals surface area (Å²) in [6.07, 6.45) is -0.637. The minimum atomic E-state index is -0.637. The van der Waals surface area contributed by atoms with Crippen molar-refractivity contribution >= 4 is 12.0 Å². The normalized spacial score (nSPS) is 9.50. The van der Waals surface area contributed by atoms with Crippen molar-refractivity contribution in [2.45, 2.75) is 0 Å². The van der Waals surface area contributed by atoms with Gasteiger partial charge in [-0.05, 0) is 0 Å². The third-order valence-electron chi connectivity index (χ3n) is 1.08. The fraction of sp³-hybridized carbons (Fsp3) is 0.714. The highest BCUT2D eigenvalue weighted by molar-refractivity contribution is 5.75. The van der Waals surface area contributed by atoms with Gasteiger partial charge in [-0.2, -0.15) is 0 Å². The zero-order chi connectivity index (χ0) is 10.8. The van der Waals surface area contributed by atoms with E-state index in [1.807, 2.05) is 0 Å². The number of carbonyl (C=O) groups is 2. The zero-order valence-corrected chi connectivity index (χ0v) is 7.69. The van der Waals surface area contributed by atoms with E-state index in [9.17, 15) is 9.59 Å². The summed E-state index contributed by atoms with van der Waals surface area (Å²) in [5, 5.41) is 10.6. The average Bonchev–Trinajstić information content (AvgIpc) is 2.13. The standard InChI is InChI=1S/C7H14N2O5/c8-6(11)5-13-3-1-9-7(12)14-4-2-10/h10H,1-5H2,(H2,8,11)(H,9,12). The lowest BCUT2D eigenvalue weighted by Crippen LogP contribution is -2.29. The van der Waals surface area contributed by atoms with Crippen molar-refractivity contribution in [1.29, 1.82) is 0 Å². The number of aliphatic hydroxyl groups is 1. The molecular formula is C7H14N2O5. The van der Waals surface area contributed by atoms with E-state index in [-0.39, 0.29) is 33.0 Å². The van der Waals surface area contributed by atoms with E-state index in [0.717, 1.165) is 0 Å². The van der Waals surface area contributed by atoms with Crippen LogP contribution in [0.3, 0.4) is 0 Å². The Labute approximate surface area is 81.2 Å². The third kappa shape index (κ3) is 8.75. The van der Waals surface area contributed by atoms with Gasteiger partial charge in [0.2, 0.25) is 5.91 Å². The molecule has 0 saturated carbocycles. The molecule has 0 aliphatic heterocycles. The van der Waals surface area contributed by atoms with Crippen molar-refractivity contribution in [3.05, 3.63) is 0 Å². The van der Waals surface area contributed by atoms with Gasteiger partial charge in [-0.25, -0.2) is 4.79 Å². The van der Waals surface area contributed by atoms with Crippen LogP contribution in [-0.4, -0.2) is 50.1 Å². The number of primary amides is 1. The summed E-state index contributed by atoms with van der Waals surface area (Å²) >= 11 is 0. The molecule has 0 aliphatic rings. The van der Waals surface area contributed by atoms with Gasteiger partial charge >= 0.3 is 6.09 Å². The lowest BCUT2D eigenvalue weighted by Gasteiger charge is -2.05. The molecule has 7 heteroatoms. The van der Waals surface area contributed by atoms with E-state index in [2.05, 4.69) is 10.1 Å². The van der Waals surface area contributed by atoms with Gasteiger partial charge in [0, 0.05) is 6.54 Å². The van der Waals surface area contributed by atoms with Crippen LogP contribution in [0, 0.1) is 0 Å². The van der Waals surface area contributed by atoms with Crippen LogP contribution in [-0.2, 0) is 14.3 Å². The van der Waals surface area contributed by atoms with Crippen LogP contribution in [0.1, 0.15) is 0 Å². The van der Waals surface area contributed by atoms with E-state index < -0.39 is 12.0 Å². The summed E-state index contributed by atoms with van der Waals surface area (Å²) in [5.41, 5.74) is 4.80. The highest BCUT2D eigenvalue weighted by Crippen LogP contribution is 1.77. The molecule has 0 radical (unpaired) electrons. The number of hydrogen-bond donors (Lipinski definition) is 3. The Hall–Kier alpha value is -1.34. The second-order valence-electron chi connectivity index (χ2n) is 2.31. The molecule has 0 aliphatic carbocycles. The van der Waals surface area contributed by atoms with Gasteiger partial charge in [0.25, 0.3) is 0 Å². The predicted molar refractivity (Wildman–Crippen MR) is 46.4 cm³/mol. The van der Waals surface area contributed by atoms with Crippen LogP contribution in [0.5, 0.6) is 0 Å². The van der Waals surface area contributed by atoms with Crippen molar-refractivity contribution in [2.75, 3.05) is 33.0 Å². The molecule has 0 aromatic carbocycles. The van der Waals surface area contributed by atoms with Crippen molar-refractivity contribution < 1.29 is 24.2 Å². The van der Waals surface area contributed by atoms with E-state index >= 15 is 0 Å². The SMILES string of the molecule is NC(=O)COCCNC(=O)OCCO. The molecule has 0 rings (SSSR count). The fourth-order valence-corrected chi connectivity index (χ4v) is 0.587. The quantitative estimate of drug-likeness (QED) is 0.426. The molecule has 82 valence electrons. The molecule has 7 nitrogen and oxygen atoms in total. The maximum Gasteiger partial charge on any atom is 0.407 e. The van der Waals surface area contributed by atoms with E-state index in [1.54, 1.807) is 0 Å². The Balaban J connectivity index is 3.19. The van der Waals surface area contributed by atoms with Gasteiger partial charge in [-0.15, -0.1) is 0 Å². The number of nitrogens with one attached hydrogen (secondary N) is 1. The molecule has 14 heavy (non-hydrogen) atoms. The van der Waals surface area contributed by atoms with Gasteiger partial charge in [-0.3, -0.25) is 4.79 Å². The molecule has 2 amide bonds. The fourth-order valence-electron chi connectivity index (χ4n) is 0.587. The summed E-state index contributed by atoms with van der Waals surface area (Å²) < 4.78 is 9.23. The van der Waals surface area contributed by atoms with Crippen LogP contribution in [0.15, 0.2) is 0 Å². The average molecular weight is 206 g/mol. The first-order chi connectivity index (χ1) is 6.66. The Kier molecular flexibility index (Phi) is 7.48. The maximum atomic E-state index is 10.7. The van der Waals surface area contributed by atoms with Gasteiger partial charge in [0.15, 0.2) is 0 Å². The van der Waals surface area contributed by atoms with Gasteiger partial charge in [0.1, 0.15) is 13.2 Å². The molecular weight excluding hydrogens is 192 g/mol. The zero-order valence-electron chi connectivity index (χ0n) is 7.69. The van der Waals surface area contributed by atoms with Crippen LogP contribution in [0.25, 0.3) is 0 Å². The lowest BCUT2D eigenvalue weighted by molar-refractivity contribution is -0.122. The highest BCUT2D eigenvalue weighted by Gasteiger charge is 1.99. The Morgan fingerprint density at radius 2 is 2.07 bits per heavy atom. The smallest absolute Gasteiger partial charge is 0.407 e. The number of alkyl carbamates (subject to hydrolysis) is 1. The topological polar surface area (TPSA) is 111 Å². The molecule has 0 heterocycles. The summed E-state index contributed by atoms with van der Waals surface area (Å²) in [7, 11) is 0. The van der Waals surface area contributed by atoms with E-state index in [4.69, 9.17) is 15.6 Å². The first-order valence-electron chi connectivity index (χ1n) is 4.04. The Bertz CT molecular complexity index is 185. The number of hydrogen-bond acceptors (Lipinski definition) is 5. The van der Waals surface area contributed by atoms with Crippen LogP contribution in [0.2, 0.25) is 0 Å². The molecule has 0 fully saturated rings. The van der Waals surface area contributed by atoms with Crippen molar-refractivity contribution in [3.63, 3.8) is 0 Å². The Morgan fingerprint density at radius 3 is 2.64 bits per heavy atom. The van der Waals surface area contributed by atoms with Gasteiger partial charge in [-0.1, -0.05) is 0 Å². The number of nitrogens with two attached hydrogens (primary N) is 1. The summed E-state index contributed by atoms with van der Waals surface area (Å²) in [6, 6.07) is 0. The summed E-state index contributed by atoms with van der Waals surface area (Å²) in [6.45, 7) is -0.0400. The summed E-state index contributed by atoms with van der Waals surface area (Å²) in [4.78, 5) is 20.9. The van der Waals surface area contributed by atoms with Crippen LogP contribution >= 0.6 is 0 Å². The molecule has 0 saturated heterocycles. The molecule has 0 atom stereocenters. The number of amides is 2. The lowest BCUT2D eigenvalue weighted by atomic mass is 10.6. The monoisotopic (exact) mass is 206 g/mol. The predicted octanol–water partition coefficient (Wildman–Crippen LogP) is -1.79. The highest BCUT2D eigenvalue weighted by atomic mass is 16.6. The number of carbonyl (C=O) groups excluding carboxylic acids is 2. The number of rotatable bonds is 7. The first-order valence-corrected chi connectivity index (χ1v) is 4.04. The summed E-state index contributed by atoms with van der Waals surface area (Å²) in [5.74, 6) is -0.562. The van der Waals surface area contributed by atoms with Crippen molar-refractivity contribution in [3.8, 4) is 0 Å². The minimum Gasteiger partial charge on any atom is -0.447 e. The van der Waals surface area contributed by atoms with Gasteiger partial charge in [0.05, 0.1) is 13.2 Å². The maximum absolute atomic E-state index is 10.7. The molecule has 0 aromatic heterocycles. The molecule has 4 N–H and O–H groups in total. The van der Waals surface area contributed by atoms with Crippen LogP contribution in [0.4, 0.5) is 4.79 Å². The van der Waals surface area contributed by atoms with Crippen molar-refractivity contribution in [1.82, 2.24) is 5.32 Å². The number of ether oxygens (including phenoxy) is 2. The largest absolute Gasteiger partial charge is 0.447 e. The molecule has 0 bridgehead atoms. The molecule has 0 aromatic rings. The second kappa shape index (κ2) is 8.27. The van der Waals surface area contributed by atoms with Crippen LogP contribution < -0.4 is 11.1 Å². The van der Waals surface area contributed by atoms with Crippen molar-refractivity contribution in [2.24, 2.45) is 5.73 Å². The van der Waals surface area contributed by atoms with E-state index in [0.29, 0.717) is 0 Å². The van der Waals surface area contributed by atoms with E-state index in [1.165, 1.54) is 0 Å². The number of aliphatic hydroxyl groups excluding tert-OH is 1. The Morgan fingerprint density at radius 1 is 1.36 bits per heavy atom. The second-order valence-corrected chi connectivity index (χ2v) is 2.31. The molecule has 0 spiro atoms. The third-order valence-corrected chi connectivity index (χ3v) is 1.08. The minimum absolute atomic E-state index is 0.0476.